The number of anilines is 1. The first-order valence-corrected chi connectivity index (χ1v) is 8.94. The van der Waals surface area contributed by atoms with E-state index in [4.69, 9.17) is 5.73 Å². The number of piperidine rings is 1. The van der Waals surface area contributed by atoms with Crippen LogP contribution in [0.4, 0.5) is 5.69 Å². The largest absolute Gasteiger partial charge is 0.367 e. The Morgan fingerprint density at radius 1 is 1.30 bits per heavy atom. The SMILES string of the molecule is CCS(=O)(=O)c1ccc(N2CCCC(C)C2CN)cc1. The van der Waals surface area contributed by atoms with Crippen LogP contribution in [0, 0.1) is 5.92 Å². The second-order valence-corrected chi connectivity index (χ2v) is 7.79. The van der Waals surface area contributed by atoms with Crippen molar-refractivity contribution in [2.45, 2.75) is 37.6 Å². The third-order valence-corrected chi connectivity index (χ3v) is 6.02. The Morgan fingerprint density at radius 2 is 1.95 bits per heavy atom. The van der Waals surface area contributed by atoms with Gasteiger partial charge in [-0.3, -0.25) is 0 Å². The summed E-state index contributed by atoms with van der Waals surface area (Å²) in [7, 11) is -3.12. The average molecular weight is 296 g/mol. The van der Waals surface area contributed by atoms with Gasteiger partial charge < -0.3 is 10.6 Å². The topological polar surface area (TPSA) is 63.4 Å². The third-order valence-electron chi connectivity index (χ3n) is 4.26. The lowest BCUT2D eigenvalue weighted by Gasteiger charge is -2.41. The molecule has 0 bridgehead atoms. The summed E-state index contributed by atoms with van der Waals surface area (Å²) >= 11 is 0. The van der Waals surface area contributed by atoms with Crippen LogP contribution in [0.2, 0.25) is 0 Å². The number of hydrogen-bond donors (Lipinski definition) is 1. The van der Waals surface area contributed by atoms with Gasteiger partial charge in [0.05, 0.1) is 10.6 Å². The second kappa shape index (κ2) is 6.14. The van der Waals surface area contributed by atoms with Gasteiger partial charge in [-0.05, 0) is 43.0 Å². The molecule has 1 aromatic rings. The van der Waals surface area contributed by atoms with Crippen LogP contribution in [0.5, 0.6) is 0 Å². The molecule has 4 nitrogen and oxygen atoms in total. The van der Waals surface area contributed by atoms with E-state index in [-0.39, 0.29) is 5.75 Å². The smallest absolute Gasteiger partial charge is 0.178 e. The van der Waals surface area contributed by atoms with Gasteiger partial charge in [-0.15, -0.1) is 0 Å². The fourth-order valence-corrected chi connectivity index (χ4v) is 3.82. The van der Waals surface area contributed by atoms with E-state index < -0.39 is 9.84 Å². The molecular formula is C15H24N2O2S. The van der Waals surface area contributed by atoms with Gasteiger partial charge in [-0.1, -0.05) is 13.8 Å². The van der Waals surface area contributed by atoms with Gasteiger partial charge >= 0.3 is 0 Å². The van der Waals surface area contributed by atoms with Crippen molar-refractivity contribution in [2.75, 3.05) is 23.7 Å². The molecule has 0 aromatic heterocycles. The van der Waals surface area contributed by atoms with Crippen LogP contribution in [-0.2, 0) is 9.84 Å². The van der Waals surface area contributed by atoms with Gasteiger partial charge in [-0.25, -0.2) is 8.42 Å². The molecule has 0 aliphatic carbocycles. The van der Waals surface area contributed by atoms with E-state index in [0.717, 1.165) is 18.7 Å². The van der Waals surface area contributed by atoms with Gasteiger partial charge in [-0.2, -0.15) is 0 Å². The van der Waals surface area contributed by atoms with Crippen molar-refractivity contribution in [1.29, 1.82) is 0 Å². The van der Waals surface area contributed by atoms with Gasteiger partial charge in [0.25, 0.3) is 0 Å². The van der Waals surface area contributed by atoms with E-state index in [9.17, 15) is 8.42 Å². The average Bonchev–Trinajstić information content (AvgIpc) is 2.47. The Balaban J connectivity index is 2.25. The quantitative estimate of drug-likeness (QED) is 0.923. The zero-order valence-corrected chi connectivity index (χ0v) is 13.1. The highest BCUT2D eigenvalue weighted by Crippen LogP contribution is 2.29. The Kier molecular flexibility index (Phi) is 4.70. The summed E-state index contributed by atoms with van der Waals surface area (Å²) in [4.78, 5) is 2.72. The van der Waals surface area contributed by atoms with E-state index in [1.54, 1.807) is 19.1 Å². The number of sulfone groups is 1. The molecule has 1 fully saturated rings. The maximum atomic E-state index is 11.8. The number of rotatable bonds is 4. The van der Waals surface area contributed by atoms with Crippen LogP contribution in [-0.4, -0.2) is 33.3 Å². The molecule has 2 N–H and O–H groups in total. The van der Waals surface area contributed by atoms with Crippen molar-refractivity contribution >= 4 is 15.5 Å². The minimum atomic E-state index is -3.12. The highest BCUT2D eigenvalue weighted by atomic mass is 32.2. The first-order valence-electron chi connectivity index (χ1n) is 7.29. The van der Waals surface area contributed by atoms with E-state index in [1.807, 2.05) is 12.1 Å². The molecule has 1 saturated heterocycles. The van der Waals surface area contributed by atoms with E-state index in [2.05, 4.69) is 11.8 Å². The summed E-state index contributed by atoms with van der Waals surface area (Å²) in [6.07, 6.45) is 2.37. The first-order chi connectivity index (χ1) is 9.49. The van der Waals surface area contributed by atoms with Crippen LogP contribution < -0.4 is 10.6 Å². The molecule has 0 amide bonds. The summed E-state index contributed by atoms with van der Waals surface area (Å²) in [6, 6.07) is 7.58. The van der Waals surface area contributed by atoms with Gasteiger partial charge in [0.1, 0.15) is 0 Å². The van der Waals surface area contributed by atoms with Crippen LogP contribution in [0.3, 0.4) is 0 Å². The Labute approximate surface area is 121 Å². The highest BCUT2D eigenvalue weighted by Gasteiger charge is 2.27. The molecule has 2 rings (SSSR count). The number of benzene rings is 1. The molecule has 1 aliphatic rings. The van der Waals surface area contributed by atoms with Crippen molar-refractivity contribution in [3.8, 4) is 0 Å². The van der Waals surface area contributed by atoms with Gasteiger partial charge in [0.15, 0.2) is 9.84 Å². The molecule has 20 heavy (non-hydrogen) atoms. The van der Waals surface area contributed by atoms with Crippen LogP contribution in [0.25, 0.3) is 0 Å². The zero-order valence-electron chi connectivity index (χ0n) is 12.2. The van der Waals surface area contributed by atoms with E-state index in [1.165, 1.54) is 6.42 Å². The number of nitrogens with zero attached hydrogens (tertiary/aromatic N) is 1. The predicted molar refractivity (Wildman–Crippen MR) is 82.8 cm³/mol. The van der Waals surface area contributed by atoms with E-state index >= 15 is 0 Å². The molecule has 5 heteroatoms. The standard InChI is InChI=1S/C15H24N2O2S/c1-3-20(18,19)14-8-6-13(7-9-14)17-10-4-5-12(2)15(17)11-16/h6-9,12,15H,3-5,10-11,16H2,1-2H3. The lowest BCUT2D eigenvalue weighted by atomic mass is 9.90. The first kappa shape index (κ1) is 15.3. The lowest BCUT2D eigenvalue weighted by Crippen LogP contribution is -2.48. The Morgan fingerprint density at radius 3 is 2.50 bits per heavy atom. The molecular weight excluding hydrogens is 272 g/mol. The minimum Gasteiger partial charge on any atom is -0.367 e. The molecule has 0 spiro atoms. The molecule has 0 radical (unpaired) electrons. The van der Waals surface area contributed by atoms with Crippen molar-refractivity contribution in [3.63, 3.8) is 0 Å². The Hall–Kier alpha value is -1.07. The van der Waals surface area contributed by atoms with Crippen LogP contribution in [0.15, 0.2) is 29.2 Å². The van der Waals surface area contributed by atoms with Crippen LogP contribution >= 0.6 is 0 Å². The van der Waals surface area contributed by atoms with Crippen molar-refractivity contribution in [1.82, 2.24) is 0 Å². The summed E-state index contributed by atoms with van der Waals surface area (Å²) in [6.45, 7) is 5.53. The normalized spacial score (nSPS) is 23.9. The van der Waals surface area contributed by atoms with Gasteiger partial charge in [0.2, 0.25) is 0 Å². The maximum Gasteiger partial charge on any atom is 0.178 e. The molecule has 112 valence electrons. The third kappa shape index (κ3) is 2.99. The van der Waals surface area contributed by atoms with Crippen LogP contribution in [0.1, 0.15) is 26.7 Å². The molecule has 2 unspecified atom stereocenters. The van der Waals surface area contributed by atoms with E-state index in [0.29, 0.717) is 23.4 Å². The lowest BCUT2D eigenvalue weighted by molar-refractivity contribution is 0.350. The van der Waals surface area contributed by atoms with Crippen molar-refractivity contribution in [2.24, 2.45) is 11.7 Å². The van der Waals surface area contributed by atoms with Gasteiger partial charge in [0, 0.05) is 24.8 Å². The zero-order chi connectivity index (χ0) is 14.8. The monoisotopic (exact) mass is 296 g/mol. The summed E-state index contributed by atoms with van der Waals surface area (Å²) in [5.74, 6) is 0.714. The number of hydrogen-bond acceptors (Lipinski definition) is 4. The van der Waals surface area contributed by atoms with Crippen molar-refractivity contribution in [3.05, 3.63) is 24.3 Å². The van der Waals surface area contributed by atoms with Crippen molar-refractivity contribution < 1.29 is 8.42 Å². The molecule has 0 saturated carbocycles. The molecule has 1 aliphatic heterocycles. The molecule has 1 heterocycles. The second-order valence-electron chi connectivity index (χ2n) is 5.51. The minimum absolute atomic E-state index is 0.137. The molecule has 2 atom stereocenters. The fourth-order valence-electron chi connectivity index (χ4n) is 2.94. The summed E-state index contributed by atoms with van der Waals surface area (Å²) in [5, 5.41) is 0. The summed E-state index contributed by atoms with van der Waals surface area (Å²) in [5.41, 5.74) is 6.98. The maximum absolute atomic E-state index is 11.8. The predicted octanol–water partition coefficient (Wildman–Crippen LogP) is 2.04. The Bertz CT molecular complexity index is 539. The fraction of sp³-hybridized carbons (Fsp3) is 0.600. The molecule has 1 aromatic carbocycles. The highest BCUT2D eigenvalue weighted by molar-refractivity contribution is 7.91. The summed E-state index contributed by atoms with van der Waals surface area (Å²) < 4.78 is 23.7. The number of nitrogens with two attached hydrogens (primary N) is 1.